The van der Waals surface area contributed by atoms with Gasteiger partial charge in [-0.05, 0) is 31.5 Å². The maximum absolute atomic E-state index is 12.6. The number of hydrogen-bond donors (Lipinski definition) is 1. The molecule has 1 aromatic rings. The lowest BCUT2D eigenvalue weighted by molar-refractivity contribution is -0.137. The Morgan fingerprint density at radius 2 is 1.85 bits per heavy atom. The van der Waals surface area contributed by atoms with Crippen molar-refractivity contribution in [1.82, 2.24) is 10.2 Å². The molecule has 2 rings (SSSR count). The van der Waals surface area contributed by atoms with E-state index in [1.54, 1.807) is 20.9 Å². The number of nitrogens with one attached hydrogen (secondary N) is 1. The summed E-state index contributed by atoms with van der Waals surface area (Å²) in [6.07, 6.45) is -4.35. The van der Waals surface area contributed by atoms with Crippen molar-refractivity contribution in [3.8, 4) is 0 Å². The quantitative estimate of drug-likeness (QED) is 0.382. The number of guanidine groups is 1. The van der Waals surface area contributed by atoms with Gasteiger partial charge in [-0.25, -0.2) is 8.42 Å². The van der Waals surface area contributed by atoms with Crippen LogP contribution in [0.25, 0.3) is 0 Å². The van der Waals surface area contributed by atoms with E-state index in [1.807, 2.05) is 4.90 Å². The summed E-state index contributed by atoms with van der Waals surface area (Å²) in [7, 11) is -1.56. The molecule has 1 aromatic carbocycles. The van der Waals surface area contributed by atoms with Crippen molar-refractivity contribution in [3.05, 3.63) is 35.4 Å². The lowest BCUT2D eigenvalue weighted by atomic mass is 10.1. The van der Waals surface area contributed by atoms with E-state index in [-0.39, 0.29) is 29.7 Å². The average molecular weight is 505 g/mol. The van der Waals surface area contributed by atoms with Gasteiger partial charge in [-0.15, -0.1) is 24.0 Å². The normalized spacial score (nSPS) is 19.6. The molecule has 1 fully saturated rings. The Hall–Kier alpha value is -1.04. The van der Waals surface area contributed by atoms with Crippen molar-refractivity contribution < 1.29 is 21.6 Å². The molecule has 0 bridgehead atoms. The van der Waals surface area contributed by atoms with Gasteiger partial charge >= 0.3 is 6.18 Å². The van der Waals surface area contributed by atoms with Gasteiger partial charge in [0.1, 0.15) is 0 Å². The third-order valence-electron chi connectivity index (χ3n) is 4.29. The summed E-state index contributed by atoms with van der Waals surface area (Å²) >= 11 is 0. The van der Waals surface area contributed by atoms with Gasteiger partial charge in [-0.1, -0.05) is 12.1 Å². The van der Waals surface area contributed by atoms with Crippen LogP contribution in [-0.2, 0) is 22.6 Å². The summed E-state index contributed by atoms with van der Waals surface area (Å²) in [4.78, 5) is 6.01. The van der Waals surface area contributed by atoms with Crippen molar-refractivity contribution in [3.63, 3.8) is 0 Å². The van der Waals surface area contributed by atoms with Crippen LogP contribution in [0.2, 0.25) is 0 Å². The van der Waals surface area contributed by atoms with Gasteiger partial charge < -0.3 is 10.2 Å². The number of nitrogens with zero attached hydrogens (tertiary/aromatic N) is 2. The van der Waals surface area contributed by atoms with Gasteiger partial charge in [-0.2, -0.15) is 13.2 Å². The van der Waals surface area contributed by atoms with Crippen LogP contribution in [0.1, 0.15) is 25.0 Å². The van der Waals surface area contributed by atoms with Crippen LogP contribution in [0.4, 0.5) is 13.2 Å². The summed E-state index contributed by atoms with van der Waals surface area (Å²) < 4.78 is 61.0. The molecular formula is C16H23F3IN3O2S. The molecular weight excluding hydrogens is 482 g/mol. The Balaban J connectivity index is 0.00000338. The van der Waals surface area contributed by atoms with E-state index in [1.165, 1.54) is 12.1 Å². The molecule has 148 valence electrons. The van der Waals surface area contributed by atoms with Crippen LogP contribution >= 0.6 is 24.0 Å². The molecule has 0 atom stereocenters. The van der Waals surface area contributed by atoms with Crippen molar-refractivity contribution in [1.29, 1.82) is 0 Å². The van der Waals surface area contributed by atoms with Gasteiger partial charge in [0, 0.05) is 26.7 Å². The first kappa shape index (κ1) is 23.0. The van der Waals surface area contributed by atoms with E-state index in [0.29, 0.717) is 31.2 Å². The van der Waals surface area contributed by atoms with E-state index in [2.05, 4.69) is 10.3 Å². The fourth-order valence-electron chi connectivity index (χ4n) is 2.65. The molecule has 0 unspecified atom stereocenters. The van der Waals surface area contributed by atoms with Gasteiger partial charge in [0.05, 0.1) is 16.1 Å². The second kappa shape index (κ2) is 8.32. The van der Waals surface area contributed by atoms with E-state index in [9.17, 15) is 21.6 Å². The Morgan fingerprint density at radius 1 is 1.27 bits per heavy atom. The third-order valence-corrected chi connectivity index (χ3v) is 6.82. The van der Waals surface area contributed by atoms with Gasteiger partial charge in [0.25, 0.3) is 0 Å². The summed E-state index contributed by atoms with van der Waals surface area (Å²) in [5, 5.41) is 3.08. The van der Waals surface area contributed by atoms with Gasteiger partial charge in [0.2, 0.25) is 0 Å². The maximum atomic E-state index is 12.6. The second-order valence-electron chi connectivity index (χ2n) is 6.60. The predicted molar refractivity (Wildman–Crippen MR) is 106 cm³/mol. The first-order chi connectivity index (χ1) is 11.5. The Labute approximate surface area is 169 Å². The van der Waals surface area contributed by atoms with E-state index >= 15 is 0 Å². The topological polar surface area (TPSA) is 61.8 Å². The molecule has 1 aliphatic rings. The molecule has 0 saturated carbocycles. The van der Waals surface area contributed by atoms with Crippen LogP contribution in [0, 0.1) is 0 Å². The molecule has 0 aliphatic carbocycles. The molecule has 1 heterocycles. The summed E-state index contributed by atoms with van der Waals surface area (Å²) in [6, 6.07) is 4.90. The lowest BCUT2D eigenvalue weighted by Gasteiger charge is -2.39. The number of sulfone groups is 1. The molecule has 5 nitrogen and oxygen atoms in total. The molecule has 10 heteroatoms. The SMILES string of the molecule is CN=C(NCc1ccc(C(F)(F)F)cc1)N1CCS(=O)(=O)C(C)(C)C1.I. The fourth-order valence-corrected chi connectivity index (χ4v) is 4.02. The first-order valence-electron chi connectivity index (χ1n) is 7.80. The van der Waals surface area contributed by atoms with Crippen molar-refractivity contribution in [2.75, 3.05) is 25.9 Å². The highest BCUT2D eigenvalue weighted by molar-refractivity contribution is 14.0. The van der Waals surface area contributed by atoms with Gasteiger partial charge in [-0.3, -0.25) is 4.99 Å². The molecule has 0 aromatic heterocycles. The van der Waals surface area contributed by atoms with Crippen LogP contribution in [0.15, 0.2) is 29.3 Å². The number of benzene rings is 1. The van der Waals surface area contributed by atoms with E-state index < -0.39 is 26.3 Å². The third kappa shape index (κ3) is 5.24. The minimum Gasteiger partial charge on any atom is -0.352 e. The number of hydrogen-bond acceptors (Lipinski definition) is 3. The first-order valence-corrected chi connectivity index (χ1v) is 9.45. The van der Waals surface area contributed by atoms with Gasteiger partial charge in [0.15, 0.2) is 15.8 Å². The largest absolute Gasteiger partial charge is 0.416 e. The van der Waals surface area contributed by atoms with E-state index in [0.717, 1.165) is 12.1 Å². The molecule has 0 radical (unpaired) electrons. The standard InChI is InChI=1S/C16H22F3N3O2S.HI/c1-15(2)11-22(8-9-25(15,23)24)14(20-3)21-10-12-4-6-13(7-5-12)16(17,18)19;/h4-7H,8-11H2,1-3H3,(H,20,21);1H. The zero-order valence-electron chi connectivity index (χ0n) is 14.8. The molecule has 1 saturated heterocycles. The summed E-state index contributed by atoms with van der Waals surface area (Å²) in [5.41, 5.74) is -0.0124. The molecule has 1 aliphatic heterocycles. The van der Waals surface area contributed by atoms with Crippen LogP contribution in [0.3, 0.4) is 0 Å². The number of aliphatic imine (C=N–C) groups is 1. The Morgan fingerprint density at radius 3 is 2.31 bits per heavy atom. The Kier molecular flexibility index (Phi) is 7.36. The van der Waals surface area contributed by atoms with Crippen molar-refractivity contribution in [2.45, 2.75) is 31.3 Å². The minimum absolute atomic E-state index is 0. The average Bonchev–Trinajstić information content (AvgIpc) is 2.51. The minimum atomic E-state index is -4.35. The molecule has 26 heavy (non-hydrogen) atoms. The summed E-state index contributed by atoms with van der Waals surface area (Å²) in [5.74, 6) is 0.573. The van der Waals surface area contributed by atoms with Crippen LogP contribution in [0.5, 0.6) is 0 Å². The summed E-state index contributed by atoms with van der Waals surface area (Å²) in [6.45, 7) is 4.30. The number of alkyl halides is 3. The molecule has 1 N–H and O–H groups in total. The highest BCUT2D eigenvalue weighted by Crippen LogP contribution is 2.29. The monoisotopic (exact) mass is 505 g/mol. The van der Waals surface area contributed by atoms with Crippen LogP contribution in [-0.4, -0.2) is 49.9 Å². The highest BCUT2D eigenvalue weighted by atomic mass is 127. The highest BCUT2D eigenvalue weighted by Gasteiger charge is 2.40. The Bertz CT molecular complexity index is 747. The van der Waals surface area contributed by atoms with Crippen molar-refractivity contribution in [2.24, 2.45) is 4.99 Å². The number of rotatable bonds is 2. The van der Waals surface area contributed by atoms with Crippen LogP contribution < -0.4 is 5.32 Å². The maximum Gasteiger partial charge on any atom is 0.416 e. The zero-order valence-corrected chi connectivity index (χ0v) is 17.9. The zero-order chi connectivity index (χ0) is 18.9. The van der Waals surface area contributed by atoms with Crippen molar-refractivity contribution >= 4 is 39.8 Å². The number of halogens is 4. The lowest BCUT2D eigenvalue weighted by Crippen LogP contribution is -2.57. The molecule has 0 amide bonds. The second-order valence-corrected chi connectivity index (χ2v) is 9.34. The fraction of sp³-hybridized carbons (Fsp3) is 0.562. The molecule has 0 spiro atoms. The predicted octanol–water partition coefficient (Wildman–Crippen LogP) is 2.91. The van der Waals surface area contributed by atoms with E-state index in [4.69, 9.17) is 0 Å². The smallest absolute Gasteiger partial charge is 0.352 e.